The Bertz CT molecular complexity index is 564. The number of benzene rings is 1. The minimum Gasteiger partial charge on any atom is -0.374 e. The zero-order chi connectivity index (χ0) is 20.7. The minimum absolute atomic E-state index is 0. The van der Waals surface area contributed by atoms with Gasteiger partial charge in [0.2, 0.25) is 0 Å². The van der Waals surface area contributed by atoms with E-state index in [9.17, 15) is 0 Å². The van der Waals surface area contributed by atoms with Crippen LogP contribution in [0, 0.1) is 0 Å². The van der Waals surface area contributed by atoms with Crippen molar-refractivity contribution >= 4 is 29.9 Å². The summed E-state index contributed by atoms with van der Waals surface area (Å²) in [5.41, 5.74) is 1.23. The van der Waals surface area contributed by atoms with E-state index in [0.29, 0.717) is 0 Å². The van der Waals surface area contributed by atoms with E-state index in [1.165, 1.54) is 57.7 Å². The van der Waals surface area contributed by atoms with Crippen LogP contribution in [0.1, 0.15) is 44.8 Å². The lowest BCUT2D eigenvalue weighted by molar-refractivity contribution is 0.0646. The Morgan fingerprint density at radius 3 is 2.27 bits per heavy atom. The Balaban J connectivity index is 0.00000450. The Morgan fingerprint density at radius 1 is 1.00 bits per heavy atom. The van der Waals surface area contributed by atoms with Gasteiger partial charge in [-0.15, -0.1) is 24.0 Å². The summed E-state index contributed by atoms with van der Waals surface area (Å²) in [5, 5.41) is 6.80. The molecule has 2 rings (SSSR count). The van der Waals surface area contributed by atoms with Crippen molar-refractivity contribution in [3.8, 4) is 0 Å². The average molecular weight is 532 g/mol. The van der Waals surface area contributed by atoms with Gasteiger partial charge in [-0.2, -0.15) is 0 Å². The van der Waals surface area contributed by atoms with Crippen LogP contribution >= 0.6 is 24.0 Å². The molecule has 1 atom stereocenters. The molecule has 1 saturated heterocycles. The van der Waals surface area contributed by atoms with Crippen molar-refractivity contribution in [1.82, 2.24) is 20.4 Å². The first-order valence-corrected chi connectivity index (χ1v) is 11.3. The monoisotopic (exact) mass is 531 g/mol. The summed E-state index contributed by atoms with van der Waals surface area (Å²) in [7, 11) is 1.83. The first-order valence-electron chi connectivity index (χ1n) is 11.3. The maximum atomic E-state index is 5.92. The van der Waals surface area contributed by atoms with Gasteiger partial charge >= 0.3 is 0 Å². The number of hydrogen-bond acceptors (Lipinski definition) is 4. The highest BCUT2D eigenvalue weighted by atomic mass is 127. The van der Waals surface area contributed by atoms with Gasteiger partial charge in [-0.25, -0.2) is 0 Å². The SMILES string of the molecule is CCN1CCN(CCCCNC(=NC)NCCCOC(C)c2ccccc2)CC1.I. The maximum Gasteiger partial charge on any atom is 0.190 e. The number of piperazine rings is 1. The lowest BCUT2D eigenvalue weighted by Crippen LogP contribution is -2.46. The van der Waals surface area contributed by atoms with Crippen molar-refractivity contribution in [3.05, 3.63) is 35.9 Å². The second kappa shape index (κ2) is 16.8. The molecule has 0 bridgehead atoms. The van der Waals surface area contributed by atoms with Gasteiger partial charge in [-0.3, -0.25) is 4.99 Å². The zero-order valence-electron chi connectivity index (χ0n) is 19.1. The van der Waals surface area contributed by atoms with Crippen molar-refractivity contribution in [3.63, 3.8) is 0 Å². The fourth-order valence-corrected chi connectivity index (χ4v) is 3.58. The number of halogens is 1. The molecule has 1 heterocycles. The van der Waals surface area contributed by atoms with E-state index in [4.69, 9.17) is 4.74 Å². The highest BCUT2D eigenvalue weighted by molar-refractivity contribution is 14.0. The fraction of sp³-hybridized carbons (Fsp3) is 0.696. The molecule has 0 saturated carbocycles. The van der Waals surface area contributed by atoms with Crippen LogP contribution in [-0.4, -0.2) is 81.8 Å². The quantitative estimate of drug-likeness (QED) is 0.188. The fourth-order valence-electron chi connectivity index (χ4n) is 3.58. The van der Waals surface area contributed by atoms with Crippen molar-refractivity contribution in [1.29, 1.82) is 0 Å². The van der Waals surface area contributed by atoms with Crippen molar-refractivity contribution in [2.75, 3.05) is 66.0 Å². The lowest BCUT2D eigenvalue weighted by atomic mass is 10.1. The van der Waals surface area contributed by atoms with Crippen LogP contribution < -0.4 is 10.6 Å². The first-order chi connectivity index (χ1) is 14.2. The topological polar surface area (TPSA) is 52.1 Å². The van der Waals surface area contributed by atoms with Crippen molar-refractivity contribution < 1.29 is 4.74 Å². The smallest absolute Gasteiger partial charge is 0.190 e. The van der Waals surface area contributed by atoms with Crippen molar-refractivity contribution in [2.24, 2.45) is 4.99 Å². The molecule has 0 radical (unpaired) electrons. The van der Waals surface area contributed by atoms with Crippen LogP contribution in [0.5, 0.6) is 0 Å². The standard InChI is InChI=1S/C23H41N5O.HI/c1-4-27-16-18-28(19-17-27)15-9-8-13-25-23(24-3)26-14-10-20-29-21(2)22-11-6-5-7-12-22;/h5-7,11-12,21H,4,8-10,13-20H2,1-3H3,(H2,24,25,26);1H. The molecule has 6 nitrogen and oxygen atoms in total. The molecule has 1 aromatic rings. The molecule has 172 valence electrons. The number of rotatable bonds is 12. The molecule has 1 unspecified atom stereocenters. The highest BCUT2D eigenvalue weighted by Gasteiger charge is 2.14. The molecule has 1 aliphatic heterocycles. The largest absolute Gasteiger partial charge is 0.374 e. The summed E-state index contributed by atoms with van der Waals surface area (Å²) < 4.78 is 5.92. The Morgan fingerprint density at radius 2 is 1.63 bits per heavy atom. The molecular weight excluding hydrogens is 489 g/mol. The molecule has 30 heavy (non-hydrogen) atoms. The van der Waals surface area contributed by atoms with Gasteiger partial charge in [-0.05, 0) is 44.8 Å². The van der Waals surface area contributed by atoms with Crippen LogP contribution in [0.15, 0.2) is 35.3 Å². The van der Waals surface area contributed by atoms with E-state index >= 15 is 0 Å². The summed E-state index contributed by atoms with van der Waals surface area (Å²) in [6.07, 6.45) is 3.51. The Kier molecular flexibility index (Phi) is 15.2. The molecule has 1 aliphatic rings. The van der Waals surface area contributed by atoms with E-state index in [1.54, 1.807) is 0 Å². The molecule has 0 aliphatic carbocycles. The van der Waals surface area contributed by atoms with Crippen molar-refractivity contribution in [2.45, 2.75) is 39.2 Å². The molecule has 0 aromatic heterocycles. The second-order valence-electron chi connectivity index (χ2n) is 7.69. The molecule has 0 spiro atoms. The summed E-state index contributed by atoms with van der Waals surface area (Å²) in [6, 6.07) is 10.4. The summed E-state index contributed by atoms with van der Waals surface area (Å²) in [6.45, 7) is 14.2. The average Bonchev–Trinajstić information content (AvgIpc) is 2.78. The van der Waals surface area contributed by atoms with Gasteiger partial charge < -0.3 is 25.2 Å². The minimum atomic E-state index is 0. The third kappa shape index (κ3) is 10.9. The van der Waals surface area contributed by atoms with Gasteiger partial charge in [0.15, 0.2) is 5.96 Å². The number of likely N-dealkylation sites (N-methyl/N-ethyl adjacent to an activating group) is 1. The van der Waals surface area contributed by atoms with E-state index in [0.717, 1.165) is 32.1 Å². The predicted octanol–water partition coefficient (Wildman–Crippen LogP) is 3.36. The van der Waals surface area contributed by atoms with E-state index in [1.807, 2.05) is 13.1 Å². The Labute approximate surface area is 200 Å². The van der Waals surface area contributed by atoms with Crippen LogP contribution in [-0.2, 0) is 4.74 Å². The first kappa shape index (κ1) is 27.1. The van der Waals surface area contributed by atoms with Gasteiger partial charge in [-0.1, -0.05) is 37.3 Å². The molecule has 7 heteroatoms. The third-order valence-corrected chi connectivity index (χ3v) is 5.58. The summed E-state index contributed by atoms with van der Waals surface area (Å²) >= 11 is 0. The predicted molar refractivity (Wildman–Crippen MR) is 138 cm³/mol. The van der Waals surface area contributed by atoms with Gasteiger partial charge in [0, 0.05) is 52.9 Å². The molecule has 1 aromatic carbocycles. The van der Waals surface area contributed by atoms with E-state index in [2.05, 4.69) is 63.5 Å². The Hall–Kier alpha value is -0.900. The van der Waals surface area contributed by atoms with E-state index in [-0.39, 0.29) is 30.1 Å². The molecule has 1 fully saturated rings. The number of hydrogen-bond donors (Lipinski definition) is 2. The maximum absolute atomic E-state index is 5.92. The number of nitrogens with zero attached hydrogens (tertiary/aromatic N) is 3. The van der Waals surface area contributed by atoms with Gasteiger partial charge in [0.05, 0.1) is 6.10 Å². The van der Waals surface area contributed by atoms with E-state index < -0.39 is 0 Å². The highest BCUT2D eigenvalue weighted by Crippen LogP contribution is 2.15. The number of aliphatic imine (C=N–C) groups is 1. The molecule has 2 N–H and O–H groups in total. The normalized spacial score (nSPS) is 16.7. The summed E-state index contributed by atoms with van der Waals surface area (Å²) in [5.74, 6) is 0.887. The number of ether oxygens (including phenoxy) is 1. The van der Waals surface area contributed by atoms with Crippen LogP contribution in [0.4, 0.5) is 0 Å². The van der Waals surface area contributed by atoms with Gasteiger partial charge in [0.25, 0.3) is 0 Å². The number of unbranched alkanes of at least 4 members (excludes halogenated alkanes) is 1. The third-order valence-electron chi connectivity index (χ3n) is 5.58. The zero-order valence-corrected chi connectivity index (χ0v) is 21.4. The summed E-state index contributed by atoms with van der Waals surface area (Å²) in [4.78, 5) is 9.43. The van der Waals surface area contributed by atoms with Crippen LogP contribution in [0.25, 0.3) is 0 Å². The second-order valence-corrected chi connectivity index (χ2v) is 7.69. The van der Waals surface area contributed by atoms with Crippen LogP contribution in [0.2, 0.25) is 0 Å². The molecule has 0 amide bonds. The number of guanidine groups is 1. The van der Waals surface area contributed by atoms with Crippen LogP contribution in [0.3, 0.4) is 0 Å². The van der Waals surface area contributed by atoms with Gasteiger partial charge in [0.1, 0.15) is 0 Å². The lowest BCUT2D eigenvalue weighted by Gasteiger charge is -2.34. The number of nitrogens with one attached hydrogen (secondary N) is 2. The molecular formula is C23H42IN5O.